The number of benzene rings is 1. The van der Waals surface area contributed by atoms with Gasteiger partial charge in [0.1, 0.15) is 10.6 Å². The van der Waals surface area contributed by atoms with Crippen LogP contribution < -0.4 is 10.2 Å². The van der Waals surface area contributed by atoms with Crippen LogP contribution in [0.1, 0.15) is 35.4 Å². The molecule has 1 aliphatic heterocycles. The standard InChI is InChI=1S/C18H24N4OS/c1-13-20-21-17(24-13)22-10-7-15(8-11-22)19-12-18(23)9-6-14-4-2-3-5-16(14)18/h2-5,15,19,23H,6-12H2,1H3/t18-/m0/s1. The number of aliphatic hydroxyl groups is 1. The first-order valence-electron chi connectivity index (χ1n) is 8.73. The van der Waals surface area contributed by atoms with Crippen LogP contribution >= 0.6 is 11.3 Å². The Morgan fingerprint density at radius 1 is 1.29 bits per heavy atom. The molecule has 0 unspecified atom stereocenters. The summed E-state index contributed by atoms with van der Waals surface area (Å²) in [6.45, 7) is 4.64. The average Bonchev–Trinajstić information content (AvgIpc) is 3.19. The zero-order chi connectivity index (χ0) is 16.6. The van der Waals surface area contributed by atoms with Crippen molar-refractivity contribution < 1.29 is 5.11 Å². The third-order valence-corrected chi connectivity index (χ3v) is 6.19. The first-order valence-corrected chi connectivity index (χ1v) is 9.55. The number of aryl methyl sites for hydroxylation is 2. The number of rotatable bonds is 4. The van der Waals surface area contributed by atoms with Crippen molar-refractivity contribution in [3.8, 4) is 0 Å². The van der Waals surface area contributed by atoms with Crippen molar-refractivity contribution in [1.29, 1.82) is 0 Å². The third-order valence-electron chi connectivity index (χ3n) is 5.29. The van der Waals surface area contributed by atoms with Crippen LogP contribution in [0.2, 0.25) is 0 Å². The summed E-state index contributed by atoms with van der Waals surface area (Å²) in [4.78, 5) is 2.32. The molecule has 4 rings (SSSR count). The zero-order valence-corrected chi connectivity index (χ0v) is 14.9. The highest BCUT2D eigenvalue weighted by molar-refractivity contribution is 7.15. The van der Waals surface area contributed by atoms with Crippen molar-refractivity contribution in [3.05, 3.63) is 40.4 Å². The van der Waals surface area contributed by atoms with E-state index in [0.717, 1.165) is 54.5 Å². The summed E-state index contributed by atoms with van der Waals surface area (Å²) < 4.78 is 0. The Kier molecular flexibility index (Phi) is 4.28. The summed E-state index contributed by atoms with van der Waals surface area (Å²) in [6.07, 6.45) is 3.96. The number of piperidine rings is 1. The van der Waals surface area contributed by atoms with Crippen LogP contribution in [0.4, 0.5) is 5.13 Å². The molecule has 0 saturated carbocycles. The molecule has 0 bridgehead atoms. The Bertz CT molecular complexity index is 711. The summed E-state index contributed by atoms with van der Waals surface area (Å²) in [5, 5.41) is 25.0. The lowest BCUT2D eigenvalue weighted by molar-refractivity contribution is 0.0350. The largest absolute Gasteiger partial charge is 0.384 e. The summed E-state index contributed by atoms with van der Waals surface area (Å²) in [7, 11) is 0. The van der Waals surface area contributed by atoms with Crippen LogP contribution in [0.25, 0.3) is 0 Å². The molecule has 1 atom stereocenters. The number of fused-ring (bicyclic) bond motifs is 1. The molecule has 5 nitrogen and oxygen atoms in total. The van der Waals surface area contributed by atoms with Gasteiger partial charge in [-0.25, -0.2) is 0 Å². The lowest BCUT2D eigenvalue weighted by Crippen LogP contribution is -2.47. The van der Waals surface area contributed by atoms with Crippen LogP contribution in [0, 0.1) is 6.92 Å². The quantitative estimate of drug-likeness (QED) is 0.891. The van der Waals surface area contributed by atoms with E-state index in [4.69, 9.17) is 0 Å². The Balaban J connectivity index is 1.32. The second-order valence-corrected chi connectivity index (χ2v) is 8.09. The second-order valence-electron chi connectivity index (χ2n) is 6.93. The second kappa shape index (κ2) is 6.43. The van der Waals surface area contributed by atoms with Crippen LogP contribution in [0.5, 0.6) is 0 Å². The lowest BCUT2D eigenvalue weighted by Gasteiger charge is -2.34. The van der Waals surface area contributed by atoms with E-state index < -0.39 is 5.60 Å². The highest BCUT2D eigenvalue weighted by Crippen LogP contribution is 2.36. The predicted molar refractivity (Wildman–Crippen MR) is 96.5 cm³/mol. The topological polar surface area (TPSA) is 61.3 Å². The third kappa shape index (κ3) is 3.06. The fourth-order valence-electron chi connectivity index (χ4n) is 3.85. The maximum atomic E-state index is 11.0. The summed E-state index contributed by atoms with van der Waals surface area (Å²) in [5.74, 6) is 0. The van der Waals surface area contributed by atoms with Gasteiger partial charge in [-0.2, -0.15) is 0 Å². The fourth-order valence-corrected chi connectivity index (χ4v) is 4.59. The SMILES string of the molecule is Cc1nnc(N2CCC(NC[C@@]3(O)CCc4ccccc43)CC2)s1. The monoisotopic (exact) mass is 344 g/mol. The van der Waals surface area contributed by atoms with Crippen molar-refractivity contribution in [2.24, 2.45) is 0 Å². The van der Waals surface area contributed by atoms with Crippen LogP contribution in [-0.4, -0.2) is 41.0 Å². The van der Waals surface area contributed by atoms with Crippen molar-refractivity contribution in [3.63, 3.8) is 0 Å². The van der Waals surface area contributed by atoms with Gasteiger partial charge in [-0.05, 0) is 43.7 Å². The molecule has 1 aromatic heterocycles. The van der Waals surface area contributed by atoms with Gasteiger partial charge in [0, 0.05) is 25.7 Å². The molecule has 1 aliphatic carbocycles. The van der Waals surface area contributed by atoms with Gasteiger partial charge in [-0.1, -0.05) is 35.6 Å². The highest BCUT2D eigenvalue weighted by Gasteiger charge is 2.36. The summed E-state index contributed by atoms with van der Waals surface area (Å²) >= 11 is 1.66. The van der Waals surface area contributed by atoms with Gasteiger partial charge in [0.15, 0.2) is 0 Å². The van der Waals surface area contributed by atoms with E-state index in [-0.39, 0.29) is 0 Å². The molecule has 0 amide bonds. The first-order chi connectivity index (χ1) is 11.6. The molecule has 6 heteroatoms. The minimum atomic E-state index is -0.704. The first kappa shape index (κ1) is 16.0. The highest BCUT2D eigenvalue weighted by atomic mass is 32.1. The minimum Gasteiger partial charge on any atom is -0.384 e. The molecule has 1 saturated heterocycles. The van der Waals surface area contributed by atoms with Crippen molar-refractivity contribution in [2.45, 2.75) is 44.2 Å². The van der Waals surface area contributed by atoms with E-state index in [0.29, 0.717) is 12.6 Å². The smallest absolute Gasteiger partial charge is 0.208 e. The number of anilines is 1. The van der Waals surface area contributed by atoms with Crippen molar-refractivity contribution in [2.75, 3.05) is 24.5 Å². The number of hydrogen-bond acceptors (Lipinski definition) is 6. The van der Waals surface area contributed by atoms with Gasteiger partial charge in [-0.3, -0.25) is 0 Å². The molecule has 0 radical (unpaired) electrons. The van der Waals surface area contributed by atoms with E-state index >= 15 is 0 Å². The van der Waals surface area contributed by atoms with Gasteiger partial charge >= 0.3 is 0 Å². The number of nitrogens with zero attached hydrogens (tertiary/aromatic N) is 3. The van der Waals surface area contributed by atoms with E-state index in [2.05, 4.69) is 38.6 Å². The van der Waals surface area contributed by atoms with Crippen LogP contribution in [0.15, 0.2) is 24.3 Å². The Morgan fingerprint density at radius 3 is 2.83 bits per heavy atom. The van der Waals surface area contributed by atoms with E-state index in [1.165, 1.54) is 5.56 Å². The number of hydrogen-bond donors (Lipinski definition) is 2. The van der Waals surface area contributed by atoms with Gasteiger partial charge in [0.05, 0.1) is 0 Å². The molecule has 1 aromatic carbocycles. The number of aromatic nitrogens is 2. The molecule has 2 N–H and O–H groups in total. The zero-order valence-electron chi connectivity index (χ0n) is 14.0. The molecular weight excluding hydrogens is 320 g/mol. The average molecular weight is 344 g/mol. The normalized spacial score (nSPS) is 24.3. The lowest BCUT2D eigenvalue weighted by atomic mass is 9.95. The maximum Gasteiger partial charge on any atom is 0.208 e. The summed E-state index contributed by atoms with van der Waals surface area (Å²) in [6, 6.07) is 8.76. The molecule has 0 spiro atoms. The summed E-state index contributed by atoms with van der Waals surface area (Å²) in [5.41, 5.74) is 1.70. The maximum absolute atomic E-state index is 11.0. The van der Waals surface area contributed by atoms with Crippen LogP contribution in [0.3, 0.4) is 0 Å². The number of nitrogens with one attached hydrogen (secondary N) is 1. The molecule has 2 aliphatic rings. The minimum absolute atomic E-state index is 0.465. The molecule has 128 valence electrons. The van der Waals surface area contributed by atoms with Crippen LogP contribution in [-0.2, 0) is 12.0 Å². The van der Waals surface area contributed by atoms with Gasteiger partial charge in [-0.15, -0.1) is 10.2 Å². The van der Waals surface area contributed by atoms with Crippen molar-refractivity contribution in [1.82, 2.24) is 15.5 Å². The van der Waals surface area contributed by atoms with E-state index in [9.17, 15) is 5.11 Å². The molecular formula is C18H24N4OS. The molecule has 2 aromatic rings. The Hall–Kier alpha value is -1.50. The van der Waals surface area contributed by atoms with Gasteiger partial charge in [0.25, 0.3) is 0 Å². The van der Waals surface area contributed by atoms with Gasteiger partial charge in [0.2, 0.25) is 5.13 Å². The van der Waals surface area contributed by atoms with Gasteiger partial charge < -0.3 is 15.3 Å². The van der Waals surface area contributed by atoms with E-state index in [1.54, 1.807) is 11.3 Å². The molecule has 1 fully saturated rings. The predicted octanol–water partition coefficient (Wildman–Crippen LogP) is 2.24. The Labute approximate surface area is 146 Å². The molecule has 24 heavy (non-hydrogen) atoms. The molecule has 2 heterocycles. The van der Waals surface area contributed by atoms with Crippen molar-refractivity contribution >= 4 is 16.5 Å². The fraction of sp³-hybridized carbons (Fsp3) is 0.556. The van der Waals surface area contributed by atoms with E-state index in [1.807, 2.05) is 13.0 Å². The Morgan fingerprint density at radius 2 is 2.08 bits per heavy atom.